The molecular formula is C12H11Cl2NO4S2. The Morgan fingerprint density at radius 2 is 1.29 bits per heavy atom. The molecule has 1 N–H and O–H groups in total. The quantitative estimate of drug-likeness (QED) is 0.899. The molecule has 9 heteroatoms. The fourth-order valence-electron chi connectivity index (χ4n) is 1.50. The number of halogens is 2. The smallest absolute Gasteiger partial charge is 0.206 e. The lowest BCUT2D eigenvalue weighted by Crippen LogP contribution is -2.30. The molecule has 2 aromatic carbocycles. The molecule has 0 bridgehead atoms. The molecule has 0 radical (unpaired) electrons. The minimum absolute atomic E-state index is 0. The fraction of sp³-hybridized carbons (Fsp3) is 0. The van der Waals surface area contributed by atoms with Crippen LogP contribution in [-0.2, 0) is 20.0 Å². The van der Waals surface area contributed by atoms with Crippen LogP contribution in [0.25, 0.3) is 0 Å². The van der Waals surface area contributed by atoms with Crippen molar-refractivity contribution in [3.63, 3.8) is 0 Å². The van der Waals surface area contributed by atoms with Crippen LogP contribution in [0, 0.1) is 0 Å². The van der Waals surface area contributed by atoms with E-state index >= 15 is 0 Å². The number of benzene rings is 2. The average Bonchev–Trinajstić information content (AvgIpc) is 2.39. The number of hydrogen-bond donors (Lipinski definition) is 1. The highest BCUT2D eigenvalue weighted by molar-refractivity contribution is 8.04. The van der Waals surface area contributed by atoms with E-state index in [1.54, 1.807) is 16.3 Å². The van der Waals surface area contributed by atoms with Gasteiger partial charge in [0.25, 0.3) is 20.0 Å². The van der Waals surface area contributed by atoms with E-state index < -0.39 is 20.0 Å². The molecule has 0 unspecified atom stereocenters. The van der Waals surface area contributed by atoms with Crippen LogP contribution in [0.3, 0.4) is 0 Å². The third kappa shape index (κ3) is 4.18. The van der Waals surface area contributed by atoms with Gasteiger partial charge in [-0.15, -0.1) is 16.5 Å². The summed E-state index contributed by atoms with van der Waals surface area (Å²) in [5, 5.41) is -0.0525. The molecule has 2 aromatic rings. The summed E-state index contributed by atoms with van der Waals surface area (Å²) in [5.74, 6) is 0. The molecule has 0 saturated heterocycles. The molecule has 0 aliphatic heterocycles. The van der Waals surface area contributed by atoms with Crippen molar-refractivity contribution in [2.24, 2.45) is 0 Å². The van der Waals surface area contributed by atoms with Crippen LogP contribution in [0.5, 0.6) is 0 Å². The van der Waals surface area contributed by atoms with Gasteiger partial charge in [-0.3, -0.25) is 0 Å². The second-order valence-corrected chi connectivity index (χ2v) is 7.83. The molecule has 0 saturated carbocycles. The Labute approximate surface area is 134 Å². The van der Waals surface area contributed by atoms with Crippen molar-refractivity contribution in [3.8, 4) is 0 Å². The maximum absolute atomic E-state index is 12.1. The minimum atomic E-state index is -4.27. The van der Waals surface area contributed by atoms with Crippen LogP contribution in [0.15, 0.2) is 64.4 Å². The van der Waals surface area contributed by atoms with E-state index in [4.69, 9.17) is 11.6 Å². The van der Waals surface area contributed by atoms with E-state index in [0.717, 1.165) is 0 Å². The predicted molar refractivity (Wildman–Crippen MR) is 82.6 cm³/mol. The Morgan fingerprint density at radius 3 is 1.86 bits per heavy atom. The SMILES string of the molecule is Cl.O=S(=O)(NS(=O)(=O)c1ccccc1Cl)c1ccccc1. The zero-order chi connectivity index (χ0) is 14.8. The lowest BCUT2D eigenvalue weighted by molar-refractivity contribution is 0.577. The van der Waals surface area contributed by atoms with Crippen molar-refractivity contribution < 1.29 is 16.8 Å². The Balaban J connectivity index is 0.00000220. The lowest BCUT2D eigenvalue weighted by Gasteiger charge is -2.08. The van der Waals surface area contributed by atoms with Gasteiger partial charge in [0, 0.05) is 0 Å². The largest absolute Gasteiger partial charge is 0.255 e. The minimum Gasteiger partial charge on any atom is -0.206 e. The highest BCUT2D eigenvalue weighted by Gasteiger charge is 2.25. The lowest BCUT2D eigenvalue weighted by atomic mass is 10.4. The first-order chi connectivity index (χ1) is 9.33. The second-order valence-electron chi connectivity index (χ2n) is 3.83. The van der Waals surface area contributed by atoms with Gasteiger partial charge < -0.3 is 0 Å². The number of hydrogen-bond acceptors (Lipinski definition) is 4. The van der Waals surface area contributed by atoms with E-state index in [0.29, 0.717) is 0 Å². The van der Waals surface area contributed by atoms with Gasteiger partial charge in [0.1, 0.15) is 4.90 Å². The maximum Gasteiger partial charge on any atom is 0.255 e. The van der Waals surface area contributed by atoms with Crippen molar-refractivity contribution in [3.05, 3.63) is 59.6 Å². The molecule has 0 amide bonds. The molecule has 0 atom stereocenters. The zero-order valence-corrected chi connectivity index (χ0v) is 13.6. The standard InChI is InChI=1S/C12H10ClNO4S2.ClH/c13-11-8-4-5-9-12(11)20(17,18)14-19(15,16)10-6-2-1-3-7-10;/h1-9,14H;1H. The topological polar surface area (TPSA) is 80.3 Å². The first-order valence-corrected chi connectivity index (χ1v) is 8.75. The zero-order valence-electron chi connectivity index (χ0n) is 10.4. The van der Waals surface area contributed by atoms with Crippen LogP contribution < -0.4 is 4.13 Å². The second kappa shape index (κ2) is 6.76. The van der Waals surface area contributed by atoms with E-state index in [1.807, 2.05) is 0 Å². The van der Waals surface area contributed by atoms with Crippen molar-refractivity contribution in [2.45, 2.75) is 9.79 Å². The van der Waals surface area contributed by atoms with E-state index in [-0.39, 0.29) is 27.2 Å². The summed E-state index contributed by atoms with van der Waals surface area (Å²) in [6.07, 6.45) is 0. The van der Waals surface area contributed by atoms with Crippen LogP contribution >= 0.6 is 24.0 Å². The first-order valence-electron chi connectivity index (χ1n) is 5.41. The molecule has 0 aromatic heterocycles. The Bertz CT molecular complexity index is 821. The van der Waals surface area contributed by atoms with Crippen LogP contribution in [0.2, 0.25) is 5.02 Å². The summed E-state index contributed by atoms with van der Waals surface area (Å²) in [6.45, 7) is 0. The van der Waals surface area contributed by atoms with E-state index in [1.165, 1.54) is 42.5 Å². The summed E-state index contributed by atoms with van der Waals surface area (Å²) < 4.78 is 49.8. The van der Waals surface area contributed by atoms with Gasteiger partial charge in [0.15, 0.2) is 0 Å². The predicted octanol–water partition coefficient (Wildman–Crippen LogP) is 2.43. The fourth-order valence-corrected chi connectivity index (χ4v) is 4.94. The summed E-state index contributed by atoms with van der Waals surface area (Å²) in [4.78, 5) is -0.434. The van der Waals surface area contributed by atoms with Crippen molar-refractivity contribution >= 4 is 44.1 Å². The van der Waals surface area contributed by atoms with Crippen molar-refractivity contribution in [2.75, 3.05) is 0 Å². The van der Waals surface area contributed by atoms with Gasteiger partial charge in [-0.05, 0) is 24.3 Å². The Hall–Kier alpha value is -1.12. The molecule has 114 valence electrons. The third-order valence-electron chi connectivity index (χ3n) is 2.40. The molecule has 21 heavy (non-hydrogen) atoms. The van der Waals surface area contributed by atoms with Gasteiger partial charge >= 0.3 is 0 Å². The van der Waals surface area contributed by atoms with Gasteiger partial charge in [0.2, 0.25) is 0 Å². The van der Waals surface area contributed by atoms with Crippen LogP contribution in [0.1, 0.15) is 0 Å². The summed E-state index contributed by atoms with van der Waals surface area (Å²) >= 11 is 5.77. The first kappa shape index (κ1) is 17.9. The van der Waals surface area contributed by atoms with Crippen molar-refractivity contribution in [1.82, 2.24) is 4.13 Å². The maximum atomic E-state index is 12.1. The summed E-state index contributed by atoms with van der Waals surface area (Å²) in [6, 6.07) is 12.8. The molecular weight excluding hydrogens is 357 g/mol. The van der Waals surface area contributed by atoms with Crippen molar-refractivity contribution in [1.29, 1.82) is 0 Å². The normalized spacial score (nSPS) is 11.7. The Morgan fingerprint density at radius 1 is 0.762 bits per heavy atom. The molecule has 0 heterocycles. The van der Waals surface area contributed by atoms with Crippen LogP contribution in [0.4, 0.5) is 0 Å². The third-order valence-corrected chi connectivity index (χ3v) is 6.42. The molecule has 0 spiro atoms. The van der Waals surface area contributed by atoms with Gasteiger partial charge in [-0.25, -0.2) is 16.8 Å². The van der Waals surface area contributed by atoms with Gasteiger partial charge in [-0.2, -0.15) is 0 Å². The summed E-state index contributed by atoms with van der Waals surface area (Å²) in [5.41, 5.74) is 0. The molecule has 0 fully saturated rings. The highest BCUT2D eigenvalue weighted by atomic mass is 35.5. The average molecular weight is 368 g/mol. The van der Waals surface area contributed by atoms with E-state index in [9.17, 15) is 16.8 Å². The number of rotatable bonds is 4. The van der Waals surface area contributed by atoms with Crippen LogP contribution in [-0.4, -0.2) is 16.8 Å². The molecule has 0 aliphatic rings. The monoisotopic (exact) mass is 367 g/mol. The van der Waals surface area contributed by atoms with Gasteiger partial charge in [0.05, 0.1) is 9.92 Å². The van der Waals surface area contributed by atoms with E-state index in [2.05, 4.69) is 0 Å². The molecule has 2 rings (SSSR count). The Kier molecular flexibility index (Phi) is 5.77. The highest BCUT2D eigenvalue weighted by Crippen LogP contribution is 2.21. The summed E-state index contributed by atoms with van der Waals surface area (Å²) in [7, 11) is -8.45. The molecule has 0 aliphatic carbocycles. The van der Waals surface area contributed by atoms with Gasteiger partial charge in [-0.1, -0.05) is 41.9 Å². The number of nitrogens with one attached hydrogen (secondary N) is 1. The number of sulfonamides is 2. The molecule has 5 nitrogen and oxygen atoms in total.